The highest BCUT2D eigenvalue weighted by molar-refractivity contribution is 5.95. The van der Waals surface area contributed by atoms with E-state index < -0.39 is 23.1 Å². The van der Waals surface area contributed by atoms with Crippen molar-refractivity contribution in [3.63, 3.8) is 0 Å². The van der Waals surface area contributed by atoms with Crippen LogP contribution >= 0.6 is 0 Å². The van der Waals surface area contributed by atoms with Crippen LogP contribution in [0.15, 0.2) is 54.8 Å². The number of rotatable bonds is 1. The van der Waals surface area contributed by atoms with Crippen LogP contribution < -0.4 is 16.0 Å². The number of fused-ring (bicyclic) bond motifs is 6. The zero-order valence-corrected chi connectivity index (χ0v) is 15.4. The van der Waals surface area contributed by atoms with Crippen molar-refractivity contribution >= 4 is 27.9 Å². The second kappa shape index (κ2) is 5.81. The molecule has 29 heavy (non-hydrogen) atoms. The number of hydrogen-bond donors (Lipinski definition) is 1. The van der Waals surface area contributed by atoms with E-state index >= 15 is 0 Å². The average molecular weight is 390 g/mol. The summed E-state index contributed by atoms with van der Waals surface area (Å²) in [6, 6.07) is 10.3. The Morgan fingerprint density at radius 1 is 0.828 bits per heavy atom. The Morgan fingerprint density at radius 3 is 1.69 bits per heavy atom. The summed E-state index contributed by atoms with van der Waals surface area (Å²) < 4.78 is 16.7. The normalized spacial score (nSPS) is 13.2. The van der Waals surface area contributed by atoms with Gasteiger partial charge in [0, 0.05) is 0 Å². The second-order valence-corrected chi connectivity index (χ2v) is 7.14. The number of benzene rings is 2. The van der Waals surface area contributed by atoms with Crippen molar-refractivity contribution < 1.29 is 23.5 Å². The standard InChI is InChI=1S/C22H14O7/c1-9-3-5-13-11(7-9)18-16(21(25)27-13)15(20(23)24)17-19(29-18)12-8-10(2)4-6-14(12)28-22(17)26/h3-8,15H,1-2H3,(H,23,24). The summed E-state index contributed by atoms with van der Waals surface area (Å²) in [5.41, 5.74) is 0.137. The monoisotopic (exact) mass is 390 g/mol. The lowest BCUT2D eigenvalue weighted by atomic mass is 9.88. The van der Waals surface area contributed by atoms with Crippen molar-refractivity contribution in [2.75, 3.05) is 0 Å². The number of ether oxygens (including phenoxy) is 1. The summed E-state index contributed by atoms with van der Waals surface area (Å²) in [5, 5.41) is 10.8. The van der Waals surface area contributed by atoms with E-state index in [0.717, 1.165) is 11.1 Å². The van der Waals surface area contributed by atoms with Gasteiger partial charge in [-0.15, -0.1) is 0 Å². The molecule has 1 aliphatic heterocycles. The maximum absolute atomic E-state index is 12.7. The van der Waals surface area contributed by atoms with Crippen molar-refractivity contribution in [1.29, 1.82) is 0 Å². The fourth-order valence-electron chi connectivity index (χ4n) is 3.82. The minimum Gasteiger partial charge on any atom is -0.481 e. The highest BCUT2D eigenvalue weighted by atomic mass is 16.5. The van der Waals surface area contributed by atoms with Crippen LogP contribution in [0, 0.1) is 13.8 Å². The molecule has 5 rings (SSSR count). The lowest BCUT2D eigenvalue weighted by Gasteiger charge is -2.25. The van der Waals surface area contributed by atoms with Gasteiger partial charge in [-0.05, 0) is 38.1 Å². The zero-order valence-electron chi connectivity index (χ0n) is 15.4. The minimum absolute atomic E-state index is 0.0910. The van der Waals surface area contributed by atoms with E-state index in [-0.39, 0.29) is 33.8 Å². The van der Waals surface area contributed by atoms with Gasteiger partial charge in [-0.25, -0.2) is 9.59 Å². The number of aliphatic carboxylic acids is 1. The van der Waals surface area contributed by atoms with Crippen molar-refractivity contribution in [3.05, 3.63) is 79.5 Å². The largest absolute Gasteiger partial charge is 0.481 e. The fourth-order valence-corrected chi connectivity index (χ4v) is 3.82. The molecule has 2 aromatic carbocycles. The van der Waals surface area contributed by atoms with Crippen LogP contribution in [0.3, 0.4) is 0 Å². The van der Waals surface area contributed by atoms with Gasteiger partial charge in [0.15, 0.2) is 0 Å². The summed E-state index contributed by atoms with van der Waals surface area (Å²) in [6.45, 7) is 3.71. The van der Waals surface area contributed by atoms with E-state index in [0.29, 0.717) is 10.8 Å². The van der Waals surface area contributed by atoms with Gasteiger partial charge in [-0.1, -0.05) is 23.3 Å². The first kappa shape index (κ1) is 17.2. The molecule has 1 aliphatic rings. The molecule has 144 valence electrons. The summed E-state index contributed by atoms with van der Waals surface area (Å²) in [7, 11) is 0. The van der Waals surface area contributed by atoms with E-state index in [1.165, 1.54) is 0 Å². The molecule has 0 amide bonds. The average Bonchev–Trinajstić information content (AvgIpc) is 2.68. The molecule has 0 fully saturated rings. The Kier molecular flexibility index (Phi) is 3.46. The van der Waals surface area contributed by atoms with E-state index in [1.807, 2.05) is 13.8 Å². The smallest absolute Gasteiger partial charge is 0.344 e. The van der Waals surface area contributed by atoms with Crippen molar-refractivity contribution in [3.8, 4) is 11.5 Å². The first-order valence-electron chi connectivity index (χ1n) is 8.90. The molecule has 0 atom stereocenters. The van der Waals surface area contributed by atoms with Gasteiger partial charge in [0.1, 0.15) is 39.7 Å². The van der Waals surface area contributed by atoms with Gasteiger partial charge in [-0.2, -0.15) is 0 Å². The van der Waals surface area contributed by atoms with Crippen LogP contribution in [-0.2, 0) is 4.79 Å². The maximum Gasteiger partial charge on any atom is 0.344 e. The zero-order chi connectivity index (χ0) is 20.4. The Balaban J connectivity index is 1.97. The van der Waals surface area contributed by atoms with E-state index in [9.17, 15) is 19.5 Å². The molecule has 3 heterocycles. The van der Waals surface area contributed by atoms with Crippen LogP contribution in [0.5, 0.6) is 11.5 Å². The topological polar surface area (TPSA) is 107 Å². The first-order chi connectivity index (χ1) is 13.8. The molecule has 1 N–H and O–H groups in total. The number of carbonyl (C=O) groups is 1. The van der Waals surface area contributed by atoms with Crippen molar-refractivity contribution in [1.82, 2.24) is 0 Å². The lowest BCUT2D eigenvalue weighted by molar-refractivity contribution is -0.138. The van der Waals surface area contributed by atoms with Gasteiger partial charge in [0.25, 0.3) is 0 Å². The van der Waals surface area contributed by atoms with Crippen LogP contribution in [-0.4, -0.2) is 11.1 Å². The van der Waals surface area contributed by atoms with E-state index in [2.05, 4.69) is 0 Å². The summed E-state index contributed by atoms with van der Waals surface area (Å²) in [6.07, 6.45) is 0. The molecule has 0 aliphatic carbocycles. The quantitative estimate of drug-likeness (QED) is 0.492. The molecule has 7 heteroatoms. The summed E-state index contributed by atoms with van der Waals surface area (Å²) in [5.74, 6) is -2.74. The van der Waals surface area contributed by atoms with E-state index in [1.54, 1.807) is 36.4 Å². The Bertz CT molecular complexity index is 1370. The molecule has 7 nitrogen and oxygen atoms in total. The second-order valence-electron chi connectivity index (χ2n) is 7.14. The molecule has 0 saturated carbocycles. The van der Waals surface area contributed by atoms with Crippen LogP contribution in [0.4, 0.5) is 0 Å². The van der Waals surface area contributed by atoms with Gasteiger partial charge in [0.2, 0.25) is 0 Å². The fraction of sp³-hybridized carbons (Fsp3) is 0.136. The minimum atomic E-state index is -1.56. The van der Waals surface area contributed by atoms with Gasteiger partial charge in [0.05, 0.1) is 10.8 Å². The Hall–Kier alpha value is -3.87. The SMILES string of the molecule is Cc1ccc2oc(=O)c3c(c2c1)Oc1c(c(=O)oc2ccc(C)cc12)C3C(=O)O. The van der Waals surface area contributed by atoms with Crippen molar-refractivity contribution in [2.24, 2.45) is 0 Å². The number of carboxylic acid groups (broad SMARTS) is 1. The molecule has 0 bridgehead atoms. The molecule has 0 radical (unpaired) electrons. The molecule has 0 saturated heterocycles. The third kappa shape index (κ3) is 2.40. The van der Waals surface area contributed by atoms with Gasteiger partial charge >= 0.3 is 17.2 Å². The van der Waals surface area contributed by atoms with Crippen LogP contribution in [0.2, 0.25) is 0 Å². The van der Waals surface area contributed by atoms with E-state index in [4.69, 9.17) is 13.6 Å². The highest BCUT2D eigenvalue weighted by Crippen LogP contribution is 2.47. The molecular weight excluding hydrogens is 376 g/mol. The molecule has 4 aromatic rings. The number of carboxylic acids is 1. The molecule has 0 spiro atoms. The van der Waals surface area contributed by atoms with Crippen LogP contribution in [0.25, 0.3) is 21.9 Å². The summed E-state index contributed by atoms with van der Waals surface area (Å²) >= 11 is 0. The third-order valence-electron chi connectivity index (χ3n) is 5.12. The van der Waals surface area contributed by atoms with Gasteiger partial charge < -0.3 is 18.7 Å². The predicted octanol–water partition coefficient (Wildman–Crippen LogP) is 3.84. The van der Waals surface area contributed by atoms with Crippen molar-refractivity contribution in [2.45, 2.75) is 19.8 Å². The first-order valence-corrected chi connectivity index (χ1v) is 8.90. The Labute approximate surface area is 162 Å². The molecule has 0 unspecified atom stereocenters. The lowest BCUT2D eigenvalue weighted by Crippen LogP contribution is -2.29. The maximum atomic E-state index is 12.7. The third-order valence-corrected chi connectivity index (χ3v) is 5.12. The van der Waals surface area contributed by atoms with Gasteiger partial charge in [-0.3, -0.25) is 4.79 Å². The van der Waals surface area contributed by atoms with Crippen LogP contribution in [0.1, 0.15) is 28.2 Å². The number of aryl methyl sites for hydroxylation is 2. The molecular formula is C22H14O7. The Morgan fingerprint density at radius 2 is 1.28 bits per heavy atom. The number of hydrogen-bond acceptors (Lipinski definition) is 6. The highest BCUT2D eigenvalue weighted by Gasteiger charge is 2.41. The molecule has 2 aromatic heterocycles. The predicted molar refractivity (Wildman–Crippen MR) is 104 cm³/mol. The summed E-state index contributed by atoms with van der Waals surface area (Å²) in [4.78, 5) is 37.5.